The lowest BCUT2D eigenvalue weighted by Gasteiger charge is -2.19. The summed E-state index contributed by atoms with van der Waals surface area (Å²) in [6, 6.07) is 0.484. The molecule has 0 saturated carbocycles. The molecule has 0 bridgehead atoms. The van der Waals surface area contributed by atoms with Gasteiger partial charge >= 0.3 is 0 Å². The van der Waals surface area contributed by atoms with Crippen molar-refractivity contribution in [1.82, 2.24) is 15.3 Å². The molecule has 0 aliphatic carbocycles. The van der Waals surface area contributed by atoms with E-state index < -0.39 is 0 Å². The van der Waals surface area contributed by atoms with Gasteiger partial charge in [-0.1, -0.05) is 34.6 Å². The van der Waals surface area contributed by atoms with Crippen molar-refractivity contribution in [3.05, 3.63) is 22.8 Å². The summed E-state index contributed by atoms with van der Waals surface area (Å²) in [4.78, 5) is 9.29. The van der Waals surface area contributed by atoms with E-state index in [0.29, 0.717) is 6.04 Å². The maximum atomic E-state index is 4.65. The molecule has 3 nitrogen and oxygen atoms in total. The van der Waals surface area contributed by atoms with Crippen LogP contribution in [0, 0.1) is 19.3 Å². The van der Waals surface area contributed by atoms with E-state index in [2.05, 4.69) is 63.8 Å². The molecule has 1 N–H and O–H groups in total. The fourth-order valence-corrected chi connectivity index (χ4v) is 1.92. The summed E-state index contributed by atoms with van der Waals surface area (Å²) < 4.78 is 0. The van der Waals surface area contributed by atoms with Crippen LogP contribution in [0.5, 0.6) is 0 Å². The highest BCUT2D eigenvalue weighted by molar-refractivity contribution is 5.24. The van der Waals surface area contributed by atoms with Gasteiger partial charge < -0.3 is 5.32 Å². The van der Waals surface area contributed by atoms with Crippen LogP contribution in [0.15, 0.2) is 0 Å². The van der Waals surface area contributed by atoms with Gasteiger partial charge in [0.05, 0.1) is 0 Å². The summed E-state index contributed by atoms with van der Waals surface area (Å²) in [6.07, 6.45) is 0.923. The van der Waals surface area contributed by atoms with E-state index in [1.165, 1.54) is 5.56 Å². The fraction of sp³-hybridized carbons (Fsp3) is 0.733. The first-order valence-corrected chi connectivity index (χ1v) is 6.75. The predicted molar refractivity (Wildman–Crippen MR) is 76.6 cm³/mol. The van der Waals surface area contributed by atoms with Crippen molar-refractivity contribution in [3.63, 3.8) is 0 Å². The van der Waals surface area contributed by atoms with Crippen LogP contribution in [0.4, 0.5) is 0 Å². The molecule has 0 aliphatic rings. The first kappa shape index (κ1) is 15.1. The first-order chi connectivity index (χ1) is 8.19. The van der Waals surface area contributed by atoms with Gasteiger partial charge in [-0.3, -0.25) is 0 Å². The van der Waals surface area contributed by atoms with Crippen molar-refractivity contribution in [2.24, 2.45) is 5.41 Å². The predicted octanol–water partition coefficient (Wildman–Crippen LogP) is 3.18. The van der Waals surface area contributed by atoms with E-state index in [-0.39, 0.29) is 5.41 Å². The molecule has 1 aromatic heterocycles. The molecule has 0 aliphatic heterocycles. The Morgan fingerprint density at radius 2 is 1.56 bits per heavy atom. The number of rotatable bonds is 4. The molecule has 0 amide bonds. The highest BCUT2D eigenvalue weighted by Crippen LogP contribution is 2.20. The van der Waals surface area contributed by atoms with Crippen molar-refractivity contribution in [3.8, 4) is 0 Å². The van der Waals surface area contributed by atoms with Gasteiger partial charge in [-0.25, -0.2) is 9.97 Å². The fourth-order valence-electron chi connectivity index (χ4n) is 1.92. The van der Waals surface area contributed by atoms with Gasteiger partial charge in [0, 0.05) is 36.0 Å². The molecule has 1 aromatic rings. The van der Waals surface area contributed by atoms with Crippen LogP contribution in [-0.4, -0.2) is 16.0 Å². The largest absolute Gasteiger partial charge is 0.310 e. The first-order valence-electron chi connectivity index (χ1n) is 6.75. The van der Waals surface area contributed by atoms with E-state index in [4.69, 9.17) is 0 Å². The molecule has 3 heteroatoms. The minimum absolute atomic E-state index is 0.233. The second kappa shape index (κ2) is 5.79. The molecule has 18 heavy (non-hydrogen) atoms. The molecule has 0 saturated heterocycles. The Labute approximate surface area is 111 Å². The van der Waals surface area contributed by atoms with Crippen molar-refractivity contribution >= 4 is 0 Å². The van der Waals surface area contributed by atoms with Crippen LogP contribution in [0.2, 0.25) is 0 Å². The maximum Gasteiger partial charge on any atom is 0.129 e. The molecule has 1 rings (SSSR count). The SMILES string of the molecule is Cc1nc(CC(C)(C)C)nc(C)c1CNC(C)C. The van der Waals surface area contributed by atoms with Crippen molar-refractivity contribution in [1.29, 1.82) is 0 Å². The van der Waals surface area contributed by atoms with E-state index in [9.17, 15) is 0 Å². The minimum Gasteiger partial charge on any atom is -0.310 e. The third-order valence-corrected chi connectivity index (χ3v) is 2.84. The minimum atomic E-state index is 0.233. The van der Waals surface area contributed by atoms with Gasteiger partial charge in [0.15, 0.2) is 0 Å². The summed E-state index contributed by atoms with van der Waals surface area (Å²) in [7, 11) is 0. The van der Waals surface area contributed by atoms with Crippen molar-refractivity contribution in [2.75, 3.05) is 0 Å². The highest BCUT2D eigenvalue weighted by atomic mass is 14.9. The lowest BCUT2D eigenvalue weighted by Crippen LogP contribution is -2.24. The second-order valence-corrected chi connectivity index (χ2v) is 6.56. The molecule has 0 aromatic carbocycles. The molecule has 0 fully saturated rings. The molecule has 0 unspecified atom stereocenters. The van der Waals surface area contributed by atoms with Gasteiger partial charge in [0.1, 0.15) is 5.82 Å². The Kier molecular flexibility index (Phi) is 4.85. The smallest absolute Gasteiger partial charge is 0.129 e. The highest BCUT2D eigenvalue weighted by Gasteiger charge is 2.15. The Morgan fingerprint density at radius 3 is 1.94 bits per heavy atom. The lowest BCUT2D eigenvalue weighted by atomic mass is 9.92. The number of aryl methyl sites for hydroxylation is 2. The van der Waals surface area contributed by atoms with E-state index >= 15 is 0 Å². The molecule has 0 atom stereocenters. The maximum absolute atomic E-state index is 4.65. The zero-order valence-electron chi connectivity index (χ0n) is 12.9. The van der Waals surface area contributed by atoms with Crippen LogP contribution in [0.25, 0.3) is 0 Å². The van der Waals surface area contributed by atoms with Gasteiger partial charge in [-0.15, -0.1) is 0 Å². The average Bonchev–Trinajstić information content (AvgIpc) is 2.12. The number of hydrogen-bond donors (Lipinski definition) is 1. The van der Waals surface area contributed by atoms with Crippen molar-refractivity contribution in [2.45, 2.75) is 67.5 Å². The van der Waals surface area contributed by atoms with Gasteiger partial charge in [-0.2, -0.15) is 0 Å². The summed E-state index contributed by atoms with van der Waals surface area (Å²) in [5.41, 5.74) is 3.68. The zero-order valence-corrected chi connectivity index (χ0v) is 12.9. The number of nitrogens with one attached hydrogen (secondary N) is 1. The zero-order chi connectivity index (χ0) is 13.9. The Bertz CT molecular complexity index is 380. The van der Waals surface area contributed by atoms with E-state index in [1.807, 2.05) is 0 Å². The lowest BCUT2D eigenvalue weighted by molar-refractivity contribution is 0.399. The van der Waals surface area contributed by atoms with Gasteiger partial charge in [0.25, 0.3) is 0 Å². The summed E-state index contributed by atoms with van der Waals surface area (Å²) in [5.74, 6) is 0.964. The summed E-state index contributed by atoms with van der Waals surface area (Å²) in [6.45, 7) is 16.0. The third kappa shape index (κ3) is 4.73. The van der Waals surface area contributed by atoms with Gasteiger partial charge in [-0.05, 0) is 19.3 Å². The standard InChI is InChI=1S/C15H27N3/c1-10(2)16-9-13-11(3)17-14(18-12(13)4)8-15(5,6)7/h10,16H,8-9H2,1-7H3. The quantitative estimate of drug-likeness (QED) is 0.890. The average molecular weight is 249 g/mol. The molecule has 0 radical (unpaired) electrons. The van der Waals surface area contributed by atoms with Crippen molar-refractivity contribution < 1.29 is 0 Å². The van der Waals surface area contributed by atoms with Crippen LogP contribution in [0.1, 0.15) is 57.4 Å². The molecular formula is C15H27N3. The topological polar surface area (TPSA) is 37.8 Å². The summed E-state index contributed by atoms with van der Waals surface area (Å²) >= 11 is 0. The van der Waals surface area contributed by atoms with E-state index in [1.54, 1.807) is 0 Å². The molecule has 0 spiro atoms. The monoisotopic (exact) mass is 249 g/mol. The number of hydrogen-bond acceptors (Lipinski definition) is 3. The molecule has 102 valence electrons. The number of aromatic nitrogens is 2. The Balaban J connectivity index is 2.90. The second-order valence-electron chi connectivity index (χ2n) is 6.56. The van der Waals surface area contributed by atoms with Crippen LogP contribution >= 0.6 is 0 Å². The Hall–Kier alpha value is -0.960. The molecule has 1 heterocycles. The normalized spacial score (nSPS) is 12.2. The summed E-state index contributed by atoms with van der Waals surface area (Å²) in [5, 5.41) is 3.43. The van der Waals surface area contributed by atoms with E-state index in [0.717, 1.165) is 30.2 Å². The van der Waals surface area contributed by atoms with Crippen LogP contribution < -0.4 is 5.32 Å². The third-order valence-electron chi connectivity index (χ3n) is 2.84. The number of nitrogens with zero attached hydrogens (tertiary/aromatic N) is 2. The van der Waals surface area contributed by atoms with Crippen LogP contribution in [-0.2, 0) is 13.0 Å². The van der Waals surface area contributed by atoms with Crippen LogP contribution in [0.3, 0.4) is 0 Å². The Morgan fingerprint density at radius 1 is 1.06 bits per heavy atom. The molecular weight excluding hydrogens is 222 g/mol. The van der Waals surface area contributed by atoms with Gasteiger partial charge in [0.2, 0.25) is 0 Å².